The van der Waals surface area contributed by atoms with Gasteiger partial charge < -0.3 is 20.7 Å². The van der Waals surface area contributed by atoms with E-state index in [-0.39, 0.29) is 24.7 Å². The van der Waals surface area contributed by atoms with Crippen molar-refractivity contribution in [1.29, 1.82) is 0 Å². The highest BCUT2D eigenvalue weighted by Gasteiger charge is 2.34. The van der Waals surface area contributed by atoms with E-state index in [0.717, 1.165) is 17.8 Å². The largest absolute Gasteiger partial charge is 0.418 e. The third-order valence-corrected chi connectivity index (χ3v) is 5.45. The minimum Gasteiger partial charge on any atom is -0.383 e. The van der Waals surface area contributed by atoms with E-state index < -0.39 is 17.4 Å². The fourth-order valence-electron chi connectivity index (χ4n) is 3.75. The Morgan fingerprint density at radius 1 is 1.00 bits per heavy atom. The predicted molar refractivity (Wildman–Crippen MR) is 120 cm³/mol. The van der Waals surface area contributed by atoms with Gasteiger partial charge in [0, 0.05) is 30.5 Å². The molecule has 2 aromatic rings. The molecule has 178 valence electrons. The zero-order chi connectivity index (χ0) is 23.7. The zero-order valence-electron chi connectivity index (χ0n) is 18.0. The summed E-state index contributed by atoms with van der Waals surface area (Å²) in [4.78, 5) is 22.6. The first-order chi connectivity index (χ1) is 15.8. The van der Waals surface area contributed by atoms with E-state index in [9.17, 15) is 22.9 Å². The zero-order valence-corrected chi connectivity index (χ0v) is 18.0. The number of carbonyl (C=O) groups excluding carboxylic acids is 1. The molecule has 0 bridgehead atoms. The average Bonchev–Trinajstić information content (AvgIpc) is 2.81. The van der Waals surface area contributed by atoms with E-state index in [1.165, 1.54) is 6.07 Å². The second-order valence-electron chi connectivity index (χ2n) is 7.89. The van der Waals surface area contributed by atoms with Gasteiger partial charge in [-0.3, -0.25) is 4.79 Å². The Balaban J connectivity index is 1.34. The highest BCUT2D eigenvalue weighted by atomic mass is 19.4. The molecule has 2 aromatic carbocycles. The number of alkyl halides is 3. The van der Waals surface area contributed by atoms with Crippen molar-refractivity contribution in [1.82, 2.24) is 5.32 Å². The Hall–Kier alpha value is -3.14. The van der Waals surface area contributed by atoms with E-state index >= 15 is 0 Å². The summed E-state index contributed by atoms with van der Waals surface area (Å²) in [5.41, 5.74) is -0.397. The van der Waals surface area contributed by atoms with Crippen LogP contribution in [0.5, 0.6) is 0 Å². The van der Waals surface area contributed by atoms with Gasteiger partial charge in [-0.05, 0) is 61.2 Å². The van der Waals surface area contributed by atoms with Crippen molar-refractivity contribution in [2.45, 2.75) is 44.0 Å². The Kier molecular flexibility index (Phi) is 8.65. The van der Waals surface area contributed by atoms with Gasteiger partial charge in [0.1, 0.15) is 12.3 Å². The average molecular weight is 464 g/mol. The second kappa shape index (κ2) is 11.6. The number of amides is 1. The van der Waals surface area contributed by atoms with Crippen LogP contribution in [0.15, 0.2) is 53.7 Å². The van der Waals surface area contributed by atoms with Crippen LogP contribution in [0.25, 0.3) is 0 Å². The van der Waals surface area contributed by atoms with E-state index in [1.807, 2.05) is 30.3 Å². The number of ether oxygens (including phenoxy) is 1. The van der Waals surface area contributed by atoms with Crippen LogP contribution in [-0.2, 0) is 15.7 Å². The molecule has 0 heterocycles. The van der Waals surface area contributed by atoms with E-state index in [2.05, 4.69) is 21.1 Å². The van der Waals surface area contributed by atoms with Gasteiger partial charge in [-0.2, -0.15) is 13.2 Å². The van der Waals surface area contributed by atoms with Crippen molar-refractivity contribution in [2.24, 2.45) is 5.18 Å². The standard InChI is InChI=1S/C23H27F3N4O3/c24-23(25,26)20-14-18(8-11-21(20)30-32)29-17-6-9-19(10-7-17)33-15-22(31)28-13-12-27-16-4-2-1-3-5-16/h1-5,8,11,14,17,19,27,29H,6-7,9-10,12-13,15H2,(H,28,31). The van der Waals surface area contributed by atoms with Gasteiger partial charge in [-0.25, -0.2) is 0 Å². The lowest BCUT2D eigenvalue weighted by atomic mass is 9.92. The number of hydrogen-bond acceptors (Lipinski definition) is 6. The summed E-state index contributed by atoms with van der Waals surface area (Å²) in [6.45, 7) is 1.06. The van der Waals surface area contributed by atoms with Crippen molar-refractivity contribution in [2.75, 3.05) is 30.3 Å². The first-order valence-electron chi connectivity index (χ1n) is 10.8. The number of nitrogens with one attached hydrogen (secondary N) is 3. The van der Waals surface area contributed by atoms with Crippen LogP contribution in [0.4, 0.5) is 30.2 Å². The fraction of sp³-hybridized carbons (Fsp3) is 0.435. The van der Waals surface area contributed by atoms with Crippen LogP contribution in [0.3, 0.4) is 0 Å². The summed E-state index contributed by atoms with van der Waals surface area (Å²) in [6, 6.07) is 13.1. The number of rotatable bonds is 10. The molecule has 0 saturated heterocycles. The topological polar surface area (TPSA) is 91.8 Å². The van der Waals surface area contributed by atoms with Crippen LogP contribution in [0, 0.1) is 4.91 Å². The molecule has 3 N–H and O–H groups in total. The lowest BCUT2D eigenvalue weighted by molar-refractivity contribution is -0.137. The summed E-state index contributed by atoms with van der Waals surface area (Å²) >= 11 is 0. The van der Waals surface area contributed by atoms with Crippen LogP contribution in [0.1, 0.15) is 31.2 Å². The van der Waals surface area contributed by atoms with Gasteiger partial charge in [-0.1, -0.05) is 18.2 Å². The van der Waals surface area contributed by atoms with E-state index in [0.29, 0.717) is 44.5 Å². The van der Waals surface area contributed by atoms with Crippen LogP contribution in [-0.4, -0.2) is 37.7 Å². The van der Waals surface area contributed by atoms with Crippen LogP contribution in [0.2, 0.25) is 0 Å². The molecule has 1 fully saturated rings. The van der Waals surface area contributed by atoms with Gasteiger partial charge in [0.15, 0.2) is 0 Å². The Morgan fingerprint density at radius 2 is 1.73 bits per heavy atom. The van der Waals surface area contributed by atoms with Crippen molar-refractivity contribution in [3.63, 3.8) is 0 Å². The number of nitrogens with zero attached hydrogens (tertiary/aromatic N) is 1. The predicted octanol–water partition coefficient (Wildman–Crippen LogP) is 5.07. The van der Waals surface area contributed by atoms with E-state index in [1.54, 1.807) is 0 Å². The van der Waals surface area contributed by atoms with Crippen molar-refractivity contribution in [3.05, 3.63) is 59.0 Å². The third-order valence-electron chi connectivity index (χ3n) is 5.45. The quantitative estimate of drug-likeness (QED) is 0.337. The molecule has 0 atom stereocenters. The highest BCUT2D eigenvalue weighted by Crippen LogP contribution is 2.38. The van der Waals surface area contributed by atoms with Crippen LogP contribution >= 0.6 is 0 Å². The third kappa shape index (κ3) is 7.74. The lowest BCUT2D eigenvalue weighted by Gasteiger charge is -2.30. The number of benzene rings is 2. The molecule has 0 radical (unpaired) electrons. The Morgan fingerprint density at radius 3 is 2.39 bits per heavy atom. The number of carbonyl (C=O) groups is 1. The summed E-state index contributed by atoms with van der Waals surface area (Å²) in [7, 11) is 0. The number of nitroso groups, excluding NO2 is 1. The molecule has 10 heteroatoms. The minimum absolute atomic E-state index is 0.0149. The SMILES string of the molecule is O=Nc1ccc(NC2CCC(OCC(=O)NCCNc3ccccc3)CC2)cc1C(F)(F)F. The van der Waals surface area contributed by atoms with Crippen molar-refractivity contribution >= 4 is 23.0 Å². The Bertz CT molecular complexity index is 917. The molecular formula is C23H27F3N4O3. The smallest absolute Gasteiger partial charge is 0.383 e. The molecule has 7 nitrogen and oxygen atoms in total. The molecule has 33 heavy (non-hydrogen) atoms. The molecule has 1 saturated carbocycles. The maximum absolute atomic E-state index is 13.1. The molecule has 1 aliphatic rings. The maximum Gasteiger partial charge on any atom is 0.418 e. The summed E-state index contributed by atoms with van der Waals surface area (Å²) < 4.78 is 45.0. The van der Waals surface area contributed by atoms with Crippen molar-refractivity contribution in [3.8, 4) is 0 Å². The van der Waals surface area contributed by atoms with Gasteiger partial charge in [0.25, 0.3) is 0 Å². The second-order valence-corrected chi connectivity index (χ2v) is 7.89. The molecule has 3 rings (SSSR count). The van der Waals surface area contributed by atoms with Gasteiger partial charge >= 0.3 is 6.18 Å². The lowest BCUT2D eigenvalue weighted by Crippen LogP contribution is -2.35. The molecule has 0 aromatic heterocycles. The molecule has 0 aliphatic heterocycles. The normalized spacial score (nSPS) is 18.4. The Labute approximate surface area is 190 Å². The molecular weight excluding hydrogens is 437 g/mol. The highest BCUT2D eigenvalue weighted by molar-refractivity contribution is 5.77. The molecule has 0 spiro atoms. The van der Waals surface area contributed by atoms with Crippen molar-refractivity contribution < 1.29 is 22.7 Å². The first kappa shape index (κ1) is 24.5. The number of hydrogen-bond donors (Lipinski definition) is 3. The number of anilines is 2. The molecule has 1 amide bonds. The van der Waals surface area contributed by atoms with E-state index in [4.69, 9.17) is 4.74 Å². The summed E-state index contributed by atoms with van der Waals surface area (Å²) in [5.74, 6) is -0.186. The first-order valence-corrected chi connectivity index (χ1v) is 10.8. The van der Waals surface area contributed by atoms with Gasteiger partial charge in [-0.15, -0.1) is 4.91 Å². The molecule has 1 aliphatic carbocycles. The monoisotopic (exact) mass is 464 g/mol. The van der Waals surface area contributed by atoms with Crippen LogP contribution < -0.4 is 16.0 Å². The maximum atomic E-state index is 13.1. The number of para-hydroxylation sites is 1. The van der Waals surface area contributed by atoms with Gasteiger partial charge in [0.2, 0.25) is 5.91 Å². The summed E-state index contributed by atoms with van der Waals surface area (Å²) in [6.07, 6.45) is -1.93. The fourth-order valence-corrected chi connectivity index (χ4v) is 3.75. The number of halogens is 3. The molecule has 0 unspecified atom stereocenters. The van der Waals surface area contributed by atoms with Gasteiger partial charge in [0.05, 0.1) is 11.7 Å². The summed E-state index contributed by atoms with van der Waals surface area (Å²) in [5, 5.41) is 11.6. The minimum atomic E-state index is -4.65.